The number of halogens is 2. The molecule has 2 aromatic heterocycles. The predicted molar refractivity (Wildman–Crippen MR) is 125 cm³/mol. The average Bonchev–Trinajstić information content (AvgIpc) is 2.76. The number of fused-ring (bicyclic) bond motifs is 1. The Hall–Kier alpha value is -3.14. The van der Waals surface area contributed by atoms with Gasteiger partial charge in [0.25, 0.3) is 5.56 Å². The molecule has 0 bridgehead atoms. The lowest BCUT2D eigenvalue weighted by atomic mass is 9.91. The first-order valence-corrected chi connectivity index (χ1v) is 11.1. The van der Waals surface area contributed by atoms with Crippen molar-refractivity contribution < 1.29 is 8.78 Å². The molecule has 0 saturated heterocycles. The molecule has 0 atom stereocenters. The molecule has 33 heavy (non-hydrogen) atoms. The molecule has 10 heteroatoms. The fourth-order valence-corrected chi connectivity index (χ4v) is 4.38. The topological polar surface area (TPSA) is 102 Å². The summed E-state index contributed by atoms with van der Waals surface area (Å²) in [6, 6.07) is 2.60. The normalized spacial score (nSPS) is 18.9. The van der Waals surface area contributed by atoms with E-state index in [0.717, 1.165) is 37.8 Å². The van der Waals surface area contributed by atoms with E-state index in [0.29, 0.717) is 23.2 Å². The highest BCUT2D eigenvalue weighted by Gasteiger charge is 2.24. The lowest BCUT2D eigenvalue weighted by Gasteiger charge is -2.32. The monoisotopic (exact) mass is 457 g/mol. The lowest BCUT2D eigenvalue weighted by molar-refractivity contribution is 0.221. The van der Waals surface area contributed by atoms with Crippen LogP contribution in [0.3, 0.4) is 0 Å². The first-order valence-electron chi connectivity index (χ1n) is 11.1. The Balaban J connectivity index is 1.72. The highest BCUT2D eigenvalue weighted by Crippen LogP contribution is 2.26. The summed E-state index contributed by atoms with van der Waals surface area (Å²) in [5.41, 5.74) is 4.94. The van der Waals surface area contributed by atoms with Crippen molar-refractivity contribution in [3.8, 4) is 11.3 Å². The number of nitrogens with one attached hydrogen (secondary N) is 1. The molecule has 4 rings (SSSR count). The molecule has 0 aliphatic heterocycles. The second kappa shape index (κ2) is 9.01. The minimum atomic E-state index is -0.942. The minimum Gasteiger partial charge on any atom is -0.394 e. The van der Waals surface area contributed by atoms with Gasteiger partial charge in [-0.15, -0.1) is 0 Å². The van der Waals surface area contributed by atoms with Crippen LogP contribution in [-0.2, 0) is 0 Å². The summed E-state index contributed by atoms with van der Waals surface area (Å²) in [7, 11) is 4.20. The van der Waals surface area contributed by atoms with Crippen LogP contribution in [0.2, 0.25) is 0 Å². The minimum absolute atomic E-state index is 0.0142. The summed E-state index contributed by atoms with van der Waals surface area (Å²) >= 11 is 0. The number of benzene rings is 1. The van der Waals surface area contributed by atoms with Crippen LogP contribution in [-0.4, -0.2) is 50.6 Å². The predicted octanol–water partition coefficient (Wildman–Crippen LogP) is 3.58. The Kier molecular flexibility index (Phi) is 6.29. The van der Waals surface area contributed by atoms with Gasteiger partial charge >= 0.3 is 0 Å². The largest absolute Gasteiger partial charge is 0.394 e. The summed E-state index contributed by atoms with van der Waals surface area (Å²) in [5, 5.41) is 3.39. The molecule has 1 aromatic carbocycles. The Labute approximate surface area is 190 Å². The van der Waals surface area contributed by atoms with Crippen molar-refractivity contribution in [1.29, 1.82) is 0 Å². The van der Waals surface area contributed by atoms with Gasteiger partial charge in [-0.3, -0.25) is 9.36 Å². The Morgan fingerprint density at radius 1 is 1.12 bits per heavy atom. The summed E-state index contributed by atoms with van der Waals surface area (Å²) in [6.07, 6.45) is 5.73. The van der Waals surface area contributed by atoms with Gasteiger partial charge < -0.3 is 16.0 Å². The molecule has 0 unspecified atom stereocenters. The quantitative estimate of drug-likeness (QED) is 0.565. The van der Waals surface area contributed by atoms with E-state index in [1.165, 1.54) is 10.8 Å². The average molecular weight is 458 g/mol. The molecule has 1 fully saturated rings. The third-order valence-electron chi connectivity index (χ3n) is 6.26. The number of nitrogen functional groups attached to an aromatic ring is 1. The first-order chi connectivity index (χ1) is 15.7. The number of anilines is 2. The van der Waals surface area contributed by atoms with Crippen molar-refractivity contribution in [2.45, 2.75) is 57.7 Å². The third kappa shape index (κ3) is 4.52. The van der Waals surface area contributed by atoms with Crippen LogP contribution in [0.4, 0.5) is 20.4 Å². The molecular weight excluding hydrogens is 428 g/mol. The molecule has 2 heterocycles. The smallest absolute Gasteiger partial charge is 0.278 e. The highest BCUT2D eigenvalue weighted by molar-refractivity contribution is 5.75. The van der Waals surface area contributed by atoms with Gasteiger partial charge in [-0.2, -0.15) is 4.98 Å². The summed E-state index contributed by atoms with van der Waals surface area (Å²) in [6.45, 7) is 3.68. The van der Waals surface area contributed by atoms with E-state index in [9.17, 15) is 13.6 Å². The van der Waals surface area contributed by atoms with Crippen molar-refractivity contribution in [3.05, 3.63) is 40.3 Å². The van der Waals surface area contributed by atoms with Crippen molar-refractivity contribution in [2.75, 3.05) is 25.1 Å². The van der Waals surface area contributed by atoms with E-state index >= 15 is 0 Å². The van der Waals surface area contributed by atoms with Gasteiger partial charge in [0.05, 0.1) is 6.20 Å². The number of aromatic nitrogens is 4. The number of rotatable bonds is 5. The number of hydrogen-bond donors (Lipinski definition) is 2. The van der Waals surface area contributed by atoms with E-state index in [1.54, 1.807) is 0 Å². The van der Waals surface area contributed by atoms with Crippen molar-refractivity contribution in [2.24, 2.45) is 0 Å². The first kappa shape index (κ1) is 23.0. The van der Waals surface area contributed by atoms with Crippen molar-refractivity contribution in [3.63, 3.8) is 0 Å². The number of hydrogen-bond acceptors (Lipinski definition) is 7. The molecular formula is C23H29F2N7O. The van der Waals surface area contributed by atoms with E-state index in [1.807, 2.05) is 13.8 Å². The second-order valence-corrected chi connectivity index (χ2v) is 9.10. The fraction of sp³-hybridized carbons (Fsp3) is 0.478. The van der Waals surface area contributed by atoms with Crippen LogP contribution in [0.1, 0.15) is 45.6 Å². The fourth-order valence-electron chi connectivity index (χ4n) is 4.38. The molecule has 8 nitrogen and oxygen atoms in total. The summed E-state index contributed by atoms with van der Waals surface area (Å²) in [4.78, 5) is 28.9. The maximum absolute atomic E-state index is 14.0. The molecule has 1 saturated carbocycles. The Morgan fingerprint density at radius 3 is 2.33 bits per heavy atom. The van der Waals surface area contributed by atoms with Gasteiger partial charge in [0, 0.05) is 23.7 Å². The molecule has 1 aliphatic carbocycles. The standard InChI is InChI=1S/C23H29F2N7O/c1-12(2)32-21-18(29-20(22(32)33)13-9-16(24)19(26)17(25)10-13)11-27-23(30-21)28-14-5-7-15(8-6-14)31(3)4/h9-12,14-15H,5-8,26H2,1-4H3,(H,27,28,30)/t14-,15-. The van der Waals surface area contributed by atoms with Gasteiger partial charge in [0.15, 0.2) is 5.65 Å². The van der Waals surface area contributed by atoms with Crippen molar-refractivity contribution >= 4 is 22.8 Å². The molecule has 0 spiro atoms. The van der Waals surface area contributed by atoms with Crippen LogP contribution in [0, 0.1) is 11.6 Å². The molecule has 1 aliphatic rings. The van der Waals surface area contributed by atoms with Crippen LogP contribution < -0.4 is 16.6 Å². The van der Waals surface area contributed by atoms with E-state index < -0.39 is 22.9 Å². The zero-order valence-corrected chi connectivity index (χ0v) is 19.3. The highest BCUT2D eigenvalue weighted by atomic mass is 19.1. The second-order valence-electron chi connectivity index (χ2n) is 9.10. The molecule has 3 aromatic rings. The third-order valence-corrected chi connectivity index (χ3v) is 6.26. The van der Waals surface area contributed by atoms with Crippen molar-refractivity contribution in [1.82, 2.24) is 24.4 Å². The zero-order chi connectivity index (χ0) is 23.9. The number of nitrogens with zero attached hydrogens (tertiary/aromatic N) is 5. The van der Waals surface area contributed by atoms with Crippen LogP contribution in [0.25, 0.3) is 22.4 Å². The lowest BCUT2D eigenvalue weighted by Crippen LogP contribution is -2.36. The van der Waals surface area contributed by atoms with Gasteiger partial charge in [0.1, 0.15) is 28.5 Å². The molecule has 3 N–H and O–H groups in total. The molecule has 0 radical (unpaired) electrons. The maximum Gasteiger partial charge on any atom is 0.278 e. The zero-order valence-electron chi connectivity index (χ0n) is 19.3. The van der Waals surface area contributed by atoms with Gasteiger partial charge in [-0.25, -0.2) is 18.7 Å². The molecule has 0 amide bonds. The van der Waals surface area contributed by atoms with Gasteiger partial charge in [-0.05, 0) is 65.8 Å². The van der Waals surface area contributed by atoms with Crippen LogP contribution in [0.5, 0.6) is 0 Å². The van der Waals surface area contributed by atoms with E-state index in [2.05, 4.69) is 39.3 Å². The summed E-state index contributed by atoms with van der Waals surface area (Å²) in [5.74, 6) is -1.45. The van der Waals surface area contributed by atoms with E-state index in [4.69, 9.17) is 5.73 Å². The van der Waals surface area contributed by atoms with E-state index in [-0.39, 0.29) is 23.3 Å². The summed E-state index contributed by atoms with van der Waals surface area (Å²) < 4.78 is 29.5. The van der Waals surface area contributed by atoms with Gasteiger partial charge in [-0.1, -0.05) is 0 Å². The van der Waals surface area contributed by atoms with Crippen LogP contribution in [0.15, 0.2) is 23.1 Å². The SMILES string of the molecule is CC(C)n1c(=O)c(-c2cc(F)c(N)c(F)c2)nc2cnc(N[C@H]3CC[C@H](N(C)C)CC3)nc21. The van der Waals surface area contributed by atoms with Gasteiger partial charge in [0.2, 0.25) is 5.95 Å². The Bertz CT molecular complexity index is 1210. The Morgan fingerprint density at radius 2 is 1.76 bits per heavy atom. The molecule has 176 valence electrons. The van der Waals surface area contributed by atoms with Crippen LogP contribution >= 0.6 is 0 Å². The number of nitrogens with two attached hydrogens (primary N) is 1. The maximum atomic E-state index is 14.0.